The fourth-order valence-electron chi connectivity index (χ4n) is 1.60. The van der Waals surface area contributed by atoms with Crippen molar-refractivity contribution in [2.75, 3.05) is 20.1 Å². The molecule has 0 aliphatic carbocycles. The maximum Gasteiger partial charge on any atom is 0.277 e. The van der Waals surface area contributed by atoms with Crippen LogP contribution in [0.1, 0.15) is 12.0 Å². The van der Waals surface area contributed by atoms with Gasteiger partial charge in [0.1, 0.15) is 0 Å². The van der Waals surface area contributed by atoms with Crippen LogP contribution in [0.25, 0.3) is 0 Å². The van der Waals surface area contributed by atoms with E-state index in [1.807, 2.05) is 0 Å². The van der Waals surface area contributed by atoms with E-state index >= 15 is 0 Å². The Hall–Kier alpha value is -1.29. The zero-order valence-electron chi connectivity index (χ0n) is 12.5. The van der Waals surface area contributed by atoms with Crippen molar-refractivity contribution in [3.63, 3.8) is 0 Å². The summed E-state index contributed by atoms with van der Waals surface area (Å²) in [5.41, 5.74) is 5.59. The number of amides is 1. The van der Waals surface area contributed by atoms with E-state index in [2.05, 4.69) is 10.0 Å². The molecule has 4 N–H and O–H groups in total. The Morgan fingerprint density at radius 2 is 1.83 bits per heavy atom. The Morgan fingerprint density at radius 3 is 2.30 bits per heavy atom. The summed E-state index contributed by atoms with van der Waals surface area (Å²) in [5, 5.41) is 2.11. The average Bonchev–Trinajstić information content (AvgIpc) is 2.51. The molecule has 0 fully saturated rings. The Labute approximate surface area is 140 Å². The molecule has 0 saturated heterocycles. The van der Waals surface area contributed by atoms with Crippen molar-refractivity contribution in [3.8, 4) is 0 Å². The van der Waals surface area contributed by atoms with Crippen LogP contribution in [-0.4, -0.2) is 40.4 Å². The molecule has 0 aromatic heterocycles. The van der Waals surface area contributed by atoms with Crippen LogP contribution >= 0.6 is 12.4 Å². The number of nitrogens with two attached hydrogens (primary N) is 1. The van der Waals surface area contributed by atoms with Crippen LogP contribution in [0.3, 0.4) is 0 Å². The Morgan fingerprint density at radius 1 is 1.26 bits per heavy atom. The first-order chi connectivity index (χ1) is 10.2. The molecule has 0 saturated carbocycles. The number of carbonyl (C=O) groups excluding carboxylic acids is 1. The van der Waals surface area contributed by atoms with Gasteiger partial charge in [0.2, 0.25) is 15.9 Å². The lowest BCUT2D eigenvalue weighted by atomic mass is 10.1. The van der Waals surface area contributed by atoms with E-state index < -0.39 is 34.9 Å². The number of alkyl halides is 2. The average molecular weight is 372 g/mol. The fourth-order valence-corrected chi connectivity index (χ4v) is 2.33. The molecule has 10 heteroatoms. The molecule has 0 spiro atoms. The number of halogens is 3. The monoisotopic (exact) mass is 371 g/mol. The third kappa shape index (κ3) is 7.21. The highest BCUT2D eigenvalue weighted by Gasteiger charge is 2.26. The maximum atomic E-state index is 12.9. The summed E-state index contributed by atoms with van der Waals surface area (Å²) in [6.45, 7) is -1.61. The third-order valence-corrected chi connectivity index (χ3v) is 4.42. The molecule has 23 heavy (non-hydrogen) atoms. The Bertz CT molecular complexity index is 609. The molecule has 0 unspecified atom stereocenters. The maximum absolute atomic E-state index is 12.9. The normalized spacial score (nSPS) is 11.7. The van der Waals surface area contributed by atoms with E-state index in [1.54, 1.807) is 12.1 Å². The van der Waals surface area contributed by atoms with Crippen LogP contribution in [0, 0.1) is 0 Å². The minimum absolute atomic E-state index is 0. The highest BCUT2D eigenvalue weighted by molar-refractivity contribution is 7.89. The second kappa shape index (κ2) is 9.11. The van der Waals surface area contributed by atoms with Gasteiger partial charge in [-0.25, -0.2) is 21.9 Å². The standard InChI is InChI=1S/C13H19F2N3O3S.ClH/c1-17-22(20,21)11-5-2-10(3-6-11)4-7-12(19)18-9-13(14,15)8-16;/h2-3,5-6,17H,4,7-9,16H2,1H3,(H,18,19);1H. The van der Waals surface area contributed by atoms with Gasteiger partial charge in [-0.3, -0.25) is 4.79 Å². The highest BCUT2D eigenvalue weighted by Crippen LogP contribution is 2.12. The molecule has 1 rings (SSSR count). The summed E-state index contributed by atoms with van der Waals surface area (Å²) in [5.74, 6) is -3.63. The van der Waals surface area contributed by atoms with Crippen LogP contribution in [0.15, 0.2) is 29.2 Å². The first-order valence-corrected chi connectivity index (χ1v) is 8.05. The third-order valence-electron chi connectivity index (χ3n) is 2.99. The van der Waals surface area contributed by atoms with Crippen molar-refractivity contribution in [1.29, 1.82) is 0 Å². The molecule has 0 heterocycles. The van der Waals surface area contributed by atoms with Gasteiger partial charge in [-0.05, 0) is 31.2 Å². The summed E-state index contributed by atoms with van der Waals surface area (Å²) in [6.07, 6.45) is 0.346. The van der Waals surface area contributed by atoms with Gasteiger partial charge in [-0.1, -0.05) is 12.1 Å². The van der Waals surface area contributed by atoms with Gasteiger partial charge >= 0.3 is 0 Å². The van der Waals surface area contributed by atoms with Crippen molar-refractivity contribution in [1.82, 2.24) is 10.0 Å². The second-order valence-electron chi connectivity index (χ2n) is 4.69. The predicted molar refractivity (Wildman–Crippen MR) is 85.3 cm³/mol. The molecular weight excluding hydrogens is 352 g/mol. The predicted octanol–water partition coefficient (Wildman–Crippen LogP) is 0.659. The summed E-state index contributed by atoms with van der Waals surface area (Å²) >= 11 is 0. The first-order valence-electron chi connectivity index (χ1n) is 6.57. The molecule has 1 aromatic rings. The summed E-state index contributed by atoms with van der Waals surface area (Å²) in [4.78, 5) is 11.6. The van der Waals surface area contributed by atoms with E-state index in [0.29, 0.717) is 6.42 Å². The first kappa shape index (κ1) is 21.7. The summed E-state index contributed by atoms with van der Waals surface area (Å²) in [6, 6.07) is 5.99. The molecule has 0 radical (unpaired) electrons. The van der Waals surface area contributed by atoms with Gasteiger partial charge in [0.25, 0.3) is 5.92 Å². The number of hydrogen-bond acceptors (Lipinski definition) is 4. The molecule has 132 valence electrons. The van der Waals surface area contributed by atoms with E-state index in [1.165, 1.54) is 19.2 Å². The number of nitrogens with one attached hydrogen (secondary N) is 2. The van der Waals surface area contributed by atoms with Crippen LogP contribution in [0.5, 0.6) is 0 Å². The van der Waals surface area contributed by atoms with Crippen molar-refractivity contribution < 1.29 is 22.0 Å². The van der Waals surface area contributed by atoms with Crippen LogP contribution in [0.4, 0.5) is 8.78 Å². The van der Waals surface area contributed by atoms with E-state index in [0.717, 1.165) is 5.56 Å². The van der Waals surface area contributed by atoms with E-state index in [9.17, 15) is 22.0 Å². The van der Waals surface area contributed by atoms with Crippen molar-refractivity contribution >= 4 is 28.3 Å². The molecule has 0 atom stereocenters. The van der Waals surface area contributed by atoms with Gasteiger partial charge in [0.15, 0.2) is 0 Å². The van der Waals surface area contributed by atoms with Crippen LogP contribution in [-0.2, 0) is 21.2 Å². The zero-order valence-corrected chi connectivity index (χ0v) is 14.1. The van der Waals surface area contributed by atoms with Crippen LogP contribution < -0.4 is 15.8 Å². The number of sulfonamides is 1. The Balaban J connectivity index is 0.00000484. The topological polar surface area (TPSA) is 101 Å². The van der Waals surface area contributed by atoms with Gasteiger partial charge in [0.05, 0.1) is 18.0 Å². The minimum atomic E-state index is -3.50. The van der Waals surface area contributed by atoms with Crippen LogP contribution in [0.2, 0.25) is 0 Å². The molecule has 0 aliphatic rings. The number of carbonyl (C=O) groups is 1. The molecule has 1 aromatic carbocycles. The largest absolute Gasteiger partial charge is 0.350 e. The SMILES string of the molecule is CNS(=O)(=O)c1ccc(CCC(=O)NCC(F)(F)CN)cc1.Cl. The highest BCUT2D eigenvalue weighted by atomic mass is 35.5. The smallest absolute Gasteiger partial charge is 0.277 e. The zero-order chi connectivity index (χ0) is 16.8. The minimum Gasteiger partial charge on any atom is -0.350 e. The number of hydrogen-bond donors (Lipinski definition) is 3. The number of aryl methyl sites for hydroxylation is 1. The fraction of sp³-hybridized carbons (Fsp3) is 0.462. The molecule has 1 amide bonds. The second-order valence-corrected chi connectivity index (χ2v) is 6.57. The summed E-state index contributed by atoms with van der Waals surface area (Å²) in [7, 11) is -2.19. The van der Waals surface area contributed by atoms with E-state index in [-0.39, 0.29) is 23.7 Å². The van der Waals surface area contributed by atoms with Gasteiger partial charge in [-0.2, -0.15) is 0 Å². The lowest BCUT2D eigenvalue weighted by Gasteiger charge is -2.14. The summed E-state index contributed by atoms with van der Waals surface area (Å²) < 4.78 is 51.0. The molecular formula is C13H20ClF2N3O3S. The van der Waals surface area contributed by atoms with Gasteiger partial charge in [0, 0.05) is 6.42 Å². The number of rotatable bonds is 8. The quantitative estimate of drug-likeness (QED) is 0.624. The van der Waals surface area contributed by atoms with Crippen molar-refractivity contribution in [3.05, 3.63) is 29.8 Å². The lowest BCUT2D eigenvalue weighted by Crippen LogP contribution is -2.41. The Kier molecular flexibility index (Phi) is 8.60. The molecule has 0 aliphatic heterocycles. The van der Waals surface area contributed by atoms with Gasteiger partial charge in [-0.15, -0.1) is 12.4 Å². The molecule has 6 nitrogen and oxygen atoms in total. The van der Waals surface area contributed by atoms with E-state index in [4.69, 9.17) is 5.73 Å². The molecule has 0 bridgehead atoms. The lowest BCUT2D eigenvalue weighted by molar-refractivity contribution is -0.122. The van der Waals surface area contributed by atoms with Gasteiger partial charge < -0.3 is 11.1 Å². The van der Waals surface area contributed by atoms with Crippen molar-refractivity contribution in [2.45, 2.75) is 23.7 Å². The number of benzene rings is 1. The van der Waals surface area contributed by atoms with Crippen molar-refractivity contribution in [2.24, 2.45) is 5.73 Å².